The number of hydrogen-bond donors (Lipinski definition) is 3. The Morgan fingerprint density at radius 3 is 2.14 bits per heavy atom. The van der Waals surface area contributed by atoms with Gasteiger partial charge in [-0.25, -0.2) is 9.59 Å². The number of aryl methyl sites for hydroxylation is 2. The van der Waals surface area contributed by atoms with Gasteiger partial charge in [0.25, 0.3) is 11.8 Å². The molecule has 3 aromatic rings. The first-order valence-corrected chi connectivity index (χ1v) is 11.2. The normalized spacial score (nSPS) is 14.8. The second-order valence-electron chi connectivity index (χ2n) is 8.29. The summed E-state index contributed by atoms with van der Waals surface area (Å²) in [5, 5.41) is 21.4. The molecule has 1 fully saturated rings. The number of carboxylic acids is 2. The molecule has 1 aliphatic rings. The van der Waals surface area contributed by atoms with Crippen molar-refractivity contribution in [2.24, 2.45) is 0 Å². The van der Waals surface area contributed by atoms with Gasteiger partial charge in [-0.2, -0.15) is 0 Å². The topological polar surface area (TPSA) is 129 Å². The van der Waals surface area contributed by atoms with Crippen molar-refractivity contribution < 1.29 is 29.4 Å². The fourth-order valence-electron chi connectivity index (χ4n) is 4.16. The Morgan fingerprint density at radius 1 is 0.944 bits per heavy atom. The Kier molecular flexibility index (Phi) is 6.30. The largest absolute Gasteiger partial charge is 0.478 e. The molecule has 0 radical (unpaired) electrons. The molecule has 1 saturated heterocycles. The highest BCUT2D eigenvalue weighted by molar-refractivity contribution is 7.80. The van der Waals surface area contributed by atoms with Gasteiger partial charge in [-0.1, -0.05) is 18.2 Å². The number of benzene rings is 2. The lowest BCUT2D eigenvalue weighted by atomic mass is 10.1. The van der Waals surface area contributed by atoms with E-state index in [0.717, 1.165) is 11.6 Å². The number of aromatic nitrogens is 1. The van der Waals surface area contributed by atoms with Gasteiger partial charge in [0, 0.05) is 17.1 Å². The van der Waals surface area contributed by atoms with E-state index in [1.807, 2.05) is 19.1 Å². The van der Waals surface area contributed by atoms with Crippen molar-refractivity contribution in [3.63, 3.8) is 0 Å². The lowest BCUT2D eigenvalue weighted by Crippen LogP contribution is -2.54. The van der Waals surface area contributed by atoms with Crippen molar-refractivity contribution in [3.8, 4) is 5.69 Å². The highest BCUT2D eigenvalue weighted by atomic mass is 32.1. The number of aromatic carboxylic acids is 2. The van der Waals surface area contributed by atoms with Gasteiger partial charge < -0.3 is 14.8 Å². The molecule has 182 valence electrons. The van der Waals surface area contributed by atoms with Crippen molar-refractivity contribution in [2.45, 2.75) is 20.8 Å². The molecule has 4 rings (SSSR count). The number of nitrogens with zero attached hydrogens (tertiary/aromatic N) is 2. The third-order valence-corrected chi connectivity index (χ3v) is 6.18. The summed E-state index contributed by atoms with van der Waals surface area (Å²) in [4.78, 5) is 50.5. The molecule has 3 N–H and O–H groups in total. The van der Waals surface area contributed by atoms with E-state index in [1.54, 1.807) is 36.6 Å². The van der Waals surface area contributed by atoms with Crippen LogP contribution >= 0.6 is 12.2 Å². The van der Waals surface area contributed by atoms with Gasteiger partial charge in [-0.15, -0.1) is 0 Å². The zero-order valence-electron chi connectivity index (χ0n) is 19.5. The molecule has 1 aliphatic heterocycles. The Hall–Kier alpha value is -4.57. The second kappa shape index (κ2) is 9.23. The third kappa shape index (κ3) is 4.29. The minimum Gasteiger partial charge on any atom is -0.478 e. The van der Waals surface area contributed by atoms with Crippen LogP contribution in [0.1, 0.15) is 43.2 Å². The first kappa shape index (κ1) is 24.6. The van der Waals surface area contributed by atoms with Crippen LogP contribution in [0.4, 0.5) is 5.69 Å². The average Bonchev–Trinajstić information content (AvgIpc) is 3.10. The Morgan fingerprint density at radius 2 is 1.56 bits per heavy atom. The molecule has 0 aliphatic carbocycles. The van der Waals surface area contributed by atoms with Crippen molar-refractivity contribution in [1.29, 1.82) is 0 Å². The molecule has 0 saturated carbocycles. The summed E-state index contributed by atoms with van der Waals surface area (Å²) in [7, 11) is 0. The van der Waals surface area contributed by atoms with E-state index >= 15 is 0 Å². The minimum atomic E-state index is -1.26. The number of carbonyl (C=O) groups excluding carboxylic acids is 2. The maximum atomic E-state index is 13.4. The maximum Gasteiger partial charge on any atom is 0.335 e. The summed E-state index contributed by atoms with van der Waals surface area (Å²) in [6.07, 6.45) is 1.45. The van der Waals surface area contributed by atoms with Crippen LogP contribution in [0, 0.1) is 20.8 Å². The van der Waals surface area contributed by atoms with E-state index in [0.29, 0.717) is 28.3 Å². The van der Waals surface area contributed by atoms with Gasteiger partial charge >= 0.3 is 11.9 Å². The van der Waals surface area contributed by atoms with Crippen LogP contribution in [0.2, 0.25) is 0 Å². The fraction of sp³-hybridized carbons (Fsp3) is 0.115. The van der Waals surface area contributed by atoms with E-state index in [-0.39, 0.29) is 21.8 Å². The third-order valence-electron chi connectivity index (χ3n) is 5.90. The van der Waals surface area contributed by atoms with E-state index in [9.17, 15) is 29.4 Å². The van der Waals surface area contributed by atoms with E-state index in [4.69, 9.17) is 12.2 Å². The number of thiocarbonyl (C=S) groups is 1. The summed E-state index contributed by atoms with van der Waals surface area (Å²) < 4.78 is 1.67. The summed E-state index contributed by atoms with van der Waals surface area (Å²) in [6.45, 7) is 5.30. The van der Waals surface area contributed by atoms with Crippen molar-refractivity contribution >= 4 is 52.8 Å². The van der Waals surface area contributed by atoms with E-state index in [1.165, 1.54) is 23.1 Å². The van der Waals surface area contributed by atoms with Gasteiger partial charge in [-0.3, -0.25) is 19.8 Å². The van der Waals surface area contributed by atoms with Crippen LogP contribution in [0.3, 0.4) is 0 Å². The van der Waals surface area contributed by atoms with E-state index < -0.39 is 23.8 Å². The van der Waals surface area contributed by atoms with Gasteiger partial charge in [0.2, 0.25) is 0 Å². The van der Waals surface area contributed by atoms with Crippen LogP contribution in [0.15, 0.2) is 54.1 Å². The van der Waals surface area contributed by atoms with Gasteiger partial charge in [-0.05, 0) is 80.5 Å². The number of carbonyl (C=O) groups is 4. The minimum absolute atomic E-state index is 0.0198. The summed E-state index contributed by atoms with van der Waals surface area (Å²) in [6, 6.07) is 12.7. The Labute approximate surface area is 211 Å². The smallest absolute Gasteiger partial charge is 0.335 e. The molecule has 0 spiro atoms. The zero-order valence-corrected chi connectivity index (χ0v) is 20.3. The lowest BCUT2D eigenvalue weighted by Gasteiger charge is -2.30. The molecule has 0 unspecified atom stereocenters. The summed E-state index contributed by atoms with van der Waals surface area (Å²) >= 11 is 5.27. The number of hydrogen-bond acceptors (Lipinski definition) is 5. The quantitative estimate of drug-likeness (QED) is 0.275. The van der Waals surface area contributed by atoms with Crippen LogP contribution in [-0.2, 0) is 9.59 Å². The van der Waals surface area contributed by atoms with Gasteiger partial charge in [0.1, 0.15) is 5.57 Å². The zero-order chi connectivity index (χ0) is 26.3. The predicted molar refractivity (Wildman–Crippen MR) is 137 cm³/mol. The fourth-order valence-corrected chi connectivity index (χ4v) is 4.44. The highest BCUT2D eigenvalue weighted by Crippen LogP contribution is 2.28. The van der Waals surface area contributed by atoms with Gasteiger partial charge in [0.15, 0.2) is 5.11 Å². The van der Waals surface area contributed by atoms with Crippen LogP contribution in [-0.4, -0.2) is 43.6 Å². The first-order chi connectivity index (χ1) is 17.0. The van der Waals surface area contributed by atoms with Gasteiger partial charge in [0.05, 0.1) is 16.8 Å². The molecular formula is C26H21N3O6S. The number of amides is 2. The number of nitrogens with one attached hydrogen (secondary N) is 1. The van der Waals surface area contributed by atoms with E-state index in [2.05, 4.69) is 5.32 Å². The Bertz CT molecular complexity index is 1490. The first-order valence-electron chi connectivity index (χ1n) is 10.8. The average molecular weight is 504 g/mol. The molecular weight excluding hydrogens is 482 g/mol. The number of para-hydroxylation sites is 1. The van der Waals surface area contributed by atoms with Crippen molar-refractivity contribution in [2.75, 3.05) is 4.90 Å². The van der Waals surface area contributed by atoms with Crippen molar-refractivity contribution in [1.82, 2.24) is 9.88 Å². The van der Waals surface area contributed by atoms with Crippen LogP contribution in [0.25, 0.3) is 11.8 Å². The lowest BCUT2D eigenvalue weighted by molar-refractivity contribution is -0.122. The second-order valence-corrected chi connectivity index (χ2v) is 8.67. The highest BCUT2D eigenvalue weighted by Gasteiger charge is 2.35. The Balaban J connectivity index is 1.82. The molecule has 9 nitrogen and oxygen atoms in total. The number of anilines is 1. The molecule has 2 heterocycles. The SMILES string of the molecule is Cc1ccccc1N1C(=O)/C(=C/c2cc(C)n(-c3cc(C(=O)O)cc(C(=O)O)c3)c2C)C(=O)NC1=S. The molecule has 0 bridgehead atoms. The molecule has 2 amide bonds. The molecule has 10 heteroatoms. The molecule has 1 aromatic heterocycles. The summed E-state index contributed by atoms with van der Waals surface area (Å²) in [5.41, 5.74) is 2.95. The predicted octanol–water partition coefficient (Wildman–Crippen LogP) is 3.63. The number of carboxylic acid groups (broad SMARTS) is 2. The van der Waals surface area contributed by atoms with Crippen LogP contribution < -0.4 is 10.2 Å². The maximum absolute atomic E-state index is 13.4. The molecule has 36 heavy (non-hydrogen) atoms. The van der Waals surface area contributed by atoms with Crippen molar-refractivity contribution in [3.05, 3.63) is 87.7 Å². The number of rotatable bonds is 5. The van der Waals surface area contributed by atoms with Crippen LogP contribution in [0.5, 0.6) is 0 Å². The standard InChI is InChI=1S/C26H21N3O6S/c1-13-6-4-5-7-21(13)29-23(31)20(22(30)27-26(29)36)12-16-8-14(2)28(15(16)3)19-10-17(24(32)33)9-18(11-19)25(34)35/h4-12H,1-3H3,(H,32,33)(H,34,35)(H,27,30,36)/b20-12+. The molecule has 0 atom stereocenters. The monoisotopic (exact) mass is 503 g/mol. The summed E-state index contributed by atoms with van der Waals surface area (Å²) in [5.74, 6) is -3.74. The molecule has 2 aromatic carbocycles.